The minimum atomic E-state index is 0.531. The summed E-state index contributed by atoms with van der Waals surface area (Å²) in [6.45, 7) is 7.83. The molecule has 0 aromatic heterocycles. The fourth-order valence-electron chi connectivity index (χ4n) is 2.10. The summed E-state index contributed by atoms with van der Waals surface area (Å²) in [5.41, 5.74) is 0.531. The van der Waals surface area contributed by atoms with E-state index in [0.29, 0.717) is 18.1 Å². The quantitative estimate of drug-likeness (QED) is 0.595. The van der Waals surface area contributed by atoms with Crippen molar-refractivity contribution in [2.24, 2.45) is 5.41 Å². The molecule has 1 rings (SSSR count). The summed E-state index contributed by atoms with van der Waals surface area (Å²) < 4.78 is 10.5. The van der Waals surface area contributed by atoms with E-state index in [2.05, 4.69) is 19.2 Å². The highest BCUT2D eigenvalue weighted by Gasteiger charge is 2.46. The second kappa shape index (κ2) is 6.46. The first-order valence-corrected chi connectivity index (χ1v) is 6.05. The van der Waals surface area contributed by atoms with Gasteiger partial charge in [-0.3, -0.25) is 0 Å². The lowest BCUT2D eigenvalue weighted by Gasteiger charge is -2.24. The number of hydrogen-bond acceptors (Lipinski definition) is 3. The lowest BCUT2D eigenvalue weighted by molar-refractivity contribution is 0.0592. The fourth-order valence-corrected chi connectivity index (χ4v) is 2.10. The molecule has 0 saturated heterocycles. The van der Waals surface area contributed by atoms with Crippen LogP contribution in [0.2, 0.25) is 0 Å². The third kappa shape index (κ3) is 4.09. The van der Waals surface area contributed by atoms with Crippen LogP contribution >= 0.6 is 0 Å². The Labute approximate surface area is 93.5 Å². The van der Waals surface area contributed by atoms with Crippen molar-refractivity contribution in [2.45, 2.75) is 39.2 Å². The standard InChI is InChI=1S/C12H25NO2/c1-4-13-11(2)12(5-6-12)7-8-15-10-9-14-3/h11,13H,4-10H2,1-3H3. The van der Waals surface area contributed by atoms with Gasteiger partial charge in [0.05, 0.1) is 13.2 Å². The molecule has 0 aromatic carbocycles. The second-order valence-electron chi connectivity index (χ2n) is 4.50. The molecule has 3 nitrogen and oxygen atoms in total. The molecular formula is C12H25NO2. The van der Waals surface area contributed by atoms with Crippen LogP contribution in [-0.4, -0.2) is 39.5 Å². The van der Waals surface area contributed by atoms with E-state index < -0.39 is 0 Å². The average molecular weight is 215 g/mol. The molecule has 0 aliphatic heterocycles. The van der Waals surface area contributed by atoms with Crippen molar-refractivity contribution in [1.82, 2.24) is 5.32 Å². The van der Waals surface area contributed by atoms with Gasteiger partial charge in [0.15, 0.2) is 0 Å². The molecule has 1 atom stereocenters. The zero-order chi connectivity index (χ0) is 11.1. The Hall–Kier alpha value is -0.120. The molecular weight excluding hydrogens is 190 g/mol. The topological polar surface area (TPSA) is 30.5 Å². The van der Waals surface area contributed by atoms with Gasteiger partial charge in [0.1, 0.15) is 0 Å². The van der Waals surface area contributed by atoms with Gasteiger partial charge < -0.3 is 14.8 Å². The Morgan fingerprint density at radius 2 is 2.00 bits per heavy atom. The fraction of sp³-hybridized carbons (Fsp3) is 1.00. The second-order valence-corrected chi connectivity index (χ2v) is 4.50. The molecule has 1 aliphatic carbocycles. The lowest BCUT2D eigenvalue weighted by atomic mass is 9.94. The van der Waals surface area contributed by atoms with Crippen LogP contribution in [0, 0.1) is 5.41 Å². The first-order chi connectivity index (χ1) is 7.25. The maximum atomic E-state index is 5.53. The maximum Gasteiger partial charge on any atom is 0.0700 e. The van der Waals surface area contributed by atoms with E-state index in [-0.39, 0.29) is 0 Å². The predicted molar refractivity (Wildman–Crippen MR) is 62.1 cm³/mol. The van der Waals surface area contributed by atoms with Gasteiger partial charge in [-0.25, -0.2) is 0 Å². The van der Waals surface area contributed by atoms with E-state index in [1.165, 1.54) is 19.3 Å². The number of rotatable bonds is 9. The number of ether oxygens (including phenoxy) is 2. The molecule has 0 heterocycles. The van der Waals surface area contributed by atoms with E-state index in [1.807, 2.05) is 0 Å². The SMILES string of the molecule is CCNC(C)C1(CCOCCOC)CC1. The highest BCUT2D eigenvalue weighted by molar-refractivity contribution is 4.99. The van der Waals surface area contributed by atoms with E-state index in [0.717, 1.165) is 19.8 Å². The largest absolute Gasteiger partial charge is 0.382 e. The van der Waals surface area contributed by atoms with Gasteiger partial charge >= 0.3 is 0 Å². The van der Waals surface area contributed by atoms with Crippen LogP contribution < -0.4 is 5.32 Å². The Morgan fingerprint density at radius 1 is 1.27 bits per heavy atom. The van der Waals surface area contributed by atoms with Gasteiger partial charge in [0.2, 0.25) is 0 Å². The highest BCUT2D eigenvalue weighted by Crippen LogP contribution is 2.51. The molecule has 1 N–H and O–H groups in total. The average Bonchev–Trinajstić information content (AvgIpc) is 2.99. The zero-order valence-electron chi connectivity index (χ0n) is 10.3. The van der Waals surface area contributed by atoms with Gasteiger partial charge in [-0.05, 0) is 38.1 Å². The highest BCUT2D eigenvalue weighted by atomic mass is 16.5. The third-order valence-electron chi connectivity index (χ3n) is 3.50. The van der Waals surface area contributed by atoms with Crippen LogP contribution in [0.5, 0.6) is 0 Å². The van der Waals surface area contributed by atoms with Crippen LogP contribution in [0.1, 0.15) is 33.1 Å². The van der Waals surface area contributed by atoms with E-state index >= 15 is 0 Å². The molecule has 0 radical (unpaired) electrons. The Balaban J connectivity index is 2.09. The molecule has 0 aromatic rings. The van der Waals surface area contributed by atoms with Crippen molar-refractivity contribution in [1.29, 1.82) is 0 Å². The molecule has 1 aliphatic rings. The van der Waals surface area contributed by atoms with Crippen molar-refractivity contribution in [3.05, 3.63) is 0 Å². The van der Waals surface area contributed by atoms with E-state index in [4.69, 9.17) is 9.47 Å². The molecule has 3 heteroatoms. The molecule has 1 unspecified atom stereocenters. The number of nitrogens with one attached hydrogen (secondary N) is 1. The zero-order valence-corrected chi connectivity index (χ0v) is 10.3. The van der Waals surface area contributed by atoms with Crippen molar-refractivity contribution in [2.75, 3.05) is 33.5 Å². The maximum absolute atomic E-state index is 5.53. The van der Waals surface area contributed by atoms with Crippen LogP contribution in [0.3, 0.4) is 0 Å². The summed E-state index contributed by atoms with van der Waals surface area (Å²) >= 11 is 0. The van der Waals surface area contributed by atoms with Crippen molar-refractivity contribution < 1.29 is 9.47 Å². The minimum Gasteiger partial charge on any atom is -0.382 e. The van der Waals surface area contributed by atoms with Gasteiger partial charge in [-0.2, -0.15) is 0 Å². The van der Waals surface area contributed by atoms with Crippen molar-refractivity contribution in [3.8, 4) is 0 Å². The number of hydrogen-bond donors (Lipinski definition) is 1. The summed E-state index contributed by atoms with van der Waals surface area (Å²) in [5.74, 6) is 0. The monoisotopic (exact) mass is 215 g/mol. The van der Waals surface area contributed by atoms with Gasteiger partial charge in [0.25, 0.3) is 0 Å². The molecule has 15 heavy (non-hydrogen) atoms. The van der Waals surface area contributed by atoms with Gasteiger partial charge in [-0.15, -0.1) is 0 Å². The summed E-state index contributed by atoms with van der Waals surface area (Å²) in [6, 6.07) is 0.633. The summed E-state index contributed by atoms with van der Waals surface area (Å²) in [4.78, 5) is 0. The lowest BCUT2D eigenvalue weighted by Crippen LogP contribution is -2.35. The van der Waals surface area contributed by atoms with E-state index in [9.17, 15) is 0 Å². The van der Waals surface area contributed by atoms with Crippen LogP contribution in [-0.2, 0) is 9.47 Å². The molecule has 1 fully saturated rings. The van der Waals surface area contributed by atoms with Crippen LogP contribution in [0.25, 0.3) is 0 Å². The van der Waals surface area contributed by atoms with Crippen LogP contribution in [0.4, 0.5) is 0 Å². The Morgan fingerprint density at radius 3 is 2.53 bits per heavy atom. The van der Waals surface area contributed by atoms with E-state index in [1.54, 1.807) is 7.11 Å². The van der Waals surface area contributed by atoms with Gasteiger partial charge in [-0.1, -0.05) is 6.92 Å². The van der Waals surface area contributed by atoms with Crippen LogP contribution in [0.15, 0.2) is 0 Å². The molecule has 1 saturated carbocycles. The molecule has 0 spiro atoms. The molecule has 0 bridgehead atoms. The summed E-state index contributed by atoms with van der Waals surface area (Å²) in [5, 5.41) is 3.52. The van der Waals surface area contributed by atoms with Crippen molar-refractivity contribution >= 4 is 0 Å². The third-order valence-corrected chi connectivity index (χ3v) is 3.50. The first kappa shape index (κ1) is 12.9. The first-order valence-electron chi connectivity index (χ1n) is 6.05. The molecule has 90 valence electrons. The minimum absolute atomic E-state index is 0.531. The summed E-state index contributed by atoms with van der Waals surface area (Å²) in [6.07, 6.45) is 3.90. The summed E-state index contributed by atoms with van der Waals surface area (Å²) in [7, 11) is 1.71. The normalized spacial score (nSPS) is 20.2. The molecule has 0 amide bonds. The van der Waals surface area contributed by atoms with Crippen molar-refractivity contribution in [3.63, 3.8) is 0 Å². The smallest absolute Gasteiger partial charge is 0.0700 e. The van der Waals surface area contributed by atoms with Gasteiger partial charge in [0, 0.05) is 19.8 Å². The number of methoxy groups -OCH3 is 1. The Kier molecular flexibility index (Phi) is 5.58. The predicted octanol–water partition coefficient (Wildman–Crippen LogP) is 1.82. The Bertz CT molecular complexity index is 169.